The van der Waals surface area contributed by atoms with Crippen molar-refractivity contribution in [1.29, 1.82) is 0 Å². The molecule has 1 aromatic carbocycles. The van der Waals surface area contributed by atoms with Crippen LogP contribution in [0.25, 0.3) is 10.9 Å². The summed E-state index contributed by atoms with van der Waals surface area (Å²) in [6, 6.07) is 7.68. The number of amides is 1. The topological polar surface area (TPSA) is 70.2 Å². The van der Waals surface area contributed by atoms with Crippen molar-refractivity contribution >= 4 is 26.6 Å². The van der Waals surface area contributed by atoms with E-state index in [1.807, 2.05) is 24.3 Å². The van der Waals surface area contributed by atoms with Gasteiger partial charge in [-0.25, -0.2) is 8.42 Å². The Balaban J connectivity index is 1.78. The second-order valence-electron chi connectivity index (χ2n) is 5.57. The van der Waals surface area contributed by atoms with Gasteiger partial charge < -0.3 is 9.88 Å². The zero-order valence-electron chi connectivity index (χ0n) is 11.9. The first-order chi connectivity index (χ1) is 9.97. The fourth-order valence-corrected chi connectivity index (χ4v) is 3.97. The zero-order valence-corrected chi connectivity index (χ0v) is 12.7. The Morgan fingerprint density at radius 3 is 2.57 bits per heavy atom. The number of aromatic nitrogens is 1. The highest BCUT2D eigenvalue weighted by Gasteiger charge is 2.29. The summed E-state index contributed by atoms with van der Waals surface area (Å²) < 4.78 is 23.1. The smallest absolute Gasteiger partial charge is 0.256 e. The first-order valence-electron chi connectivity index (χ1n) is 7.01. The highest BCUT2D eigenvalue weighted by molar-refractivity contribution is 7.91. The zero-order chi connectivity index (χ0) is 15.0. The van der Waals surface area contributed by atoms with Crippen LogP contribution in [0, 0.1) is 0 Å². The third-order valence-corrected chi connectivity index (χ3v) is 5.84. The molecule has 21 heavy (non-hydrogen) atoms. The molecule has 1 aromatic heterocycles. The number of nitrogens with one attached hydrogen (secondary N) is 1. The van der Waals surface area contributed by atoms with Gasteiger partial charge >= 0.3 is 0 Å². The molecule has 1 aliphatic rings. The number of benzene rings is 1. The lowest BCUT2D eigenvalue weighted by Crippen LogP contribution is -2.42. The number of nitrogens with zero attached hydrogens (tertiary/aromatic N) is 1. The first kappa shape index (κ1) is 14.1. The van der Waals surface area contributed by atoms with Gasteiger partial charge in [-0.15, -0.1) is 0 Å². The van der Waals surface area contributed by atoms with Gasteiger partial charge in [0.25, 0.3) is 5.91 Å². The lowest BCUT2D eigenvalue weighted by Gasteiger charge is -2.31. The van der Waals surface area contributed by atoms with Gasteiger partial charge in [0.1, 0.15) is 9.84 Å². The van der Waals surface area contributed by atoms with E-state index < -0.39 is 9.84 Å². The third kappa shape index (κ3) is 2.68. The Morgan fingerprint density at radius 2 is 1.90 bits per heavy atom. The van der Waals surface area contributed by atoms with Gasteiger partial charge in [-0.2, -0.15) is 0 Å². The van der Waals surface area contributed by atoms with E-state index in [4.69, 9.17) is 0 Å². The lowest BCUT2D eigenvalue weighted by atomic mass is 10.1. The standard InChI is InChI=1S/C15H18N2O3S/c1-21(19,20)11-6-8-17(9-7-11)15(18)13-10-16-14-5-3-2-4-12(13)14/h2-5,10-11,16H,6-9H2,1H3. The molecule has 112 valence electrons. The summed E-state index contributed by atoms with van der Waals surface area (Å²) in [7, 11) is -3.01. The number of sulfone groups is 1. The normalized spacial score (nSPS) is 17.3. The number of aromatic amines is 1. The minimum Gasteiger partial charge on any atom is -0.360 e. The molecule has 1 N–H and O–H groups in total. The summed E-state index contributed by atoms with van der Waals surface area (Å²) in [5.74, 6) is -0.0283. The Kier molecular flexibility index (Phi) is 3.49. The van der Waals surface area contributed by atoms with E-state index in [1.165, 1.54) is 6.26 Å². The van der Waals surface area contributed by atoms with Gasteiger partial charge in [0.2, 0.25) is 0 Å². The second kappa shape index (κ2) is 5.18. The molecule has 1 amide bonds. The minimum atomic E-state index is -3.01. The molecular formula is C15H18N2O3S. The molecule has 0 radical (unpaired) electrons. The number of fused-ring (bicyclic) bond motifs is 1. The predicted molar refractivity (Wildman–Crippen MR) is 82.1 cm³/mol. The van der Waals surface area contributed by atoms with Crippen molar-refractivity contribution in [3.8, 4) is 0 Å². The van der Waals surface area contributed by atoms with Crippen molar-refractivity contribution < 1.29 is 13.2 Å². The molecule has 2 aromatic rings. The summed E-state index contributed by atoms with van der Waals surface area (Å²) in [6.07, 6.45) is 4.05. The van der Waals surface area contributed by atoms with Crippen LogP contribution in [0.15, 0.2) is 30.5 Å². The maximum atomic E-state index is 12.6. The molecule has 3 rings (SSSR count). The maximum absolute atomic E-state index is 12.6. The van der Waals surface area contributed by atoms with E-state index in [1.54, 1.807) is 11.1 Å². The SMILES string of the molecule is CS(=O)(=O)C1CCN(C(=O)c2c[nH]c3ccccc23)CC1. The predicted octanol–water partition coefficient (Wildman–Crippen LogP) is 1.82. The maximum Gasteiger partial charge on any atom is 0.256 e. The van der Waals surface area contributed by atoms with E-state index in [0.29, 0.717) is 31.5 Å². The molecule has 0 spiro atoms. The van der Waals surface area contributed by atoms with Crippen LogP contribution in [0.3, 0.4) is 0 Å². The number of carbonyl (C=O) groups is 1. The van der Waals surface area contributed by atoms with Gasteiger partial charge in [-0.1, -0.05) is 18.2 Å². The number of para-hydroxylation sites is 1. The number of rotatable bonds is 2. The fraction of sp³-hybridized carbons (Fsp3) is 0.400. The summed E-state index contributed by atoms with van der Waals surface area (Å²) >= 11 is 0. The highest BCUT2D eigenvalue weighted by Crippen LogP contribution is 2.23. The number of H-pyrrole nitrogens is 1. The average molecular weight is 306 g/mol. The van der Waals surface area contributed by atoms with Gasteiger partial charge in [0.15, 0.2) is 0 Å². The third-order valence-electron chi connectivity index (χ3n) is 4.15. The monoisotopic (exact) mass is 306 g/mol. The highest BCUT2D eigenvalue weighted by atomic mass is 32.2. The Morgan fingerprint density at radius 1 is 1.24 bits per heavy atom. The fourth-order valence-electron chi connectivity index (χ4n) is 2.91. The number of hydrogen-bond donors (Lipinski definition) is 1. The average Bonchev–Trinajstić information content (AvgIpc) is 2.90. The molecule has 0 unspecified atom stereocenters. The van der Waals surface area contributed by atoms with Crippen molar-refractivity contribution in [2.75, 3.05) is 19.3 Å². The van der Waals surface area contributed by atoms with Crippen LogP contribution in [-0.2, 0) is 9.84 Å². The van der Waals surface area contributed by atoms with Crippen LogP contribution in [0.2, 0.25) is 0 Å². The van der Waals surface area contributed by atoms with Crippen molar-refractivity contribution in [3.63, 3.8) is 0 Å². The van der Waals surface area contributed by atoms with Gasteiger partial charge in [-0.3, -0.25) is 4.79 Å². The minimum absolute atomic E-state index is 0.0283. The molecule has 0 atom stereocenters. The van der Waals surface area contributed by atoms with Gasteiger partial charge in [0, 0.05) is 36.4 Å². The Hall–Kier alpha value is -1.82. The molecule has 2 heterocycles. The Labute approximate surface area is 123 Å². The molecule has 5 nitrogen and oxygen atoms in total. The number of likely N-dealkylation sites (tertiary alicyclic amines) is 1. The molecule has 1 aliphatic heterocycles. The summed E-state index contributed by atoms with van der Waals surface area (Å²) in [5.41, 5.74) is 1.59. The van der Waals surface area contributed by atoms with E-state index in [9.17, 15) is 13.2 Å². The molecule has 0 aliphatic carbocycles. The summed E-state index contributed by atoms with van der Waals surface area (Å²) in [6.45, 7) is 0.992. The van der Waals surface area contributed by atoms with Gasteiger partial charge in [0.05, 0.1) is 10.8 Å². The van der Waals surface area contributed by atoms with Crippen molar-refractivity contribution in [3.05, 3.63) is 36.0 Å². The van der Waals surface area contributed by atoms with Crippen LogP contribution in [0.4, 0.5) is 0 Å². The first-order valence-corrected chi connectivity index (χ1v) is 8.96. The lowest BCUT2D eigenvalue weighted by molar-refractivity contribution is 0.0728. The molecule has 0 bridgehead atoms. The van der Waals surface area contributed by atoms with Gasteiger partial charge in [-0.05, 0) is 18.9 Å². The van der Waals surface area contributed by atoms with Crippen LogP contribution in [-0.4, -0.2) is 48.8 Å². The number of piperidine rings is 1. The van der Waals surface area contributed by atoms with Crippen molar-refractivity contribution in [2.24, 2.45) is 0 Å². The van der Waals surface area contributed by atoms with Crippen LogP contribution in [0.1, 0.15) is 23.2 Å². The van der Waals surface area contributed by atoms with E-state index in [0.717, 1.165) is 10.9 Å². The summed E-state index contributed by atoms with van der Waals surface area (Å²) in [4.78, 5) is 17.4. The second-order valence-corrected chi connectivity index (χ2v) is 7.89. The van der Waals surface area contributed by atoms with E-state index in [2.05, 4.69) is 4.98 Å². The van der Waals surface area contributed by atoms with Crippen molar-refractivity contribution in [1.82, 2.24) is 9.88 Å². The van der Waals surface area contributed by atoms with E-state index in [-0.39, 0.29) is 11.2 Å². The van der Waals surface area contributed by atoms with Crippen molar-refractivity contribution in [2.45, 2.75) is 18.1 Å². The molecule has 1 saturated heterocycles. The number of hydrogen-bond acceptors (Lipinski definition) is 3. The molecule has 6 heteroatoms. The number of carbonyl (C=O) groups excluding carboxylic acids is 1. The Bertz CT molecular complexity index is 771. The van der Waals surface area contributed by atoms with Crippen LogP contribution < -0.4 is 0 Å². The molecular weight excluding hydrogens is 288 g/mol. The molecule has 1 fully saturated rings. The largest absolute Gasteiger partial charge is 0.360 e. The van der Waals surface area contributed by atoms with Crippen LogP contribution in [0.5, 0.6) is 0 Å². The summed E-state index contributed by atoms with van der Waals surface area (Å²) in [5, 5.41) is 0.595. The van der Waals surface area contributed by atoms with Crippen LogP contribution >= 0.6 is 0 Å². The molecule has 0 saturated carbocycles. The van der Waals surface area contributed by atoms with E-state index >= 15 is 0 Å². The quantitative estimate of drug-likeness (QED) is 0.920.